The van der Waals surface area contributed by atoms with Gasteiger partial charge in [-0.1, -0.05) is 0 Å². The van der Waals surface area contributed by atoms with E-state index in [9.17, 15) is 20.1 Å². The van der Waals surface area contributed by atoms with Gasteiger partial charge in [-0.05, 0) is 0 Å². The first kappa shape index (κ1) is 14.9. The third-order valence-corrected chi connectivity index (χ3v) is 3.04. The monoisotopic (exact) mass is 288 g/mol. The van der Waals surface area contributed by atoms with E-state index >= 15 is 0 Å². The lowest BCUT2D eigenvalue weighted by Crippen LogP contribution is -2.60. The maximum atomic E-state index is 11.3. The summed E-state index contributed by atoms with van der Waals surface area (Å²) in [7, 11) is 0. The van der Waals surface area contributed by atoms with Crippen molar-refractivity contribution in [3.63, 3.8) is 0 Å². The van der Waals surface area contributed by atoms with Gasteiger partial charge in [-0.25, -0.2) is 0 Å². The number of ketones is 1. The fourth-order valence-electron chi connectivity index (χ4n) is 1.94. The molecule has 1 aromatic heterocycles. The van der Waals surface area contributed by atoms with Crippen molar-refractivity contribution < 1.29 is 39.1 Å². The van der Waals surface area contributed by atoms with E-state index in [1.165, 1.54) is 19.3 Å². The largest absolute Gasteiger partial charge is 0.458 e. The molecule has 20 heavy (non-hydrogen) atoms. The molecule has 8 heteroatoms. The zero-order chi connectivity index (χ0) is 14.9. The molecule has 0 bridgehead atoms. The molecular weight excluding hydrogens is 272 g/mol. The highest BCUT2D eigenvalue weighted by molar-refractivity contribution is 5.93. The average molecular weight is 288 g/mol. The van der Waals surface area contributed by atoms with Crippen molar-refractivity contribution in [2.24, 2.45) is 0 Å². The van der Waals surface area contributed by atoms with Crippen molar-refractivity contribution in [3.8, 4) is 5.75 Å². The van der Waals surface area contributed by atoms with Gasteiger partial charge in [0.15, 0.2) is 11.5 Å². The van der Waals surface area contributed by atoms with Crippen molar-refractivity contribution >= 4 is 5.78 Å². The molecule has 3 unspecified atom stereocenters. The van der Waals surface area contributed by atoms with Gasteiger partial charge in [-0.15, -0.1) is 0 Å². The molecule has 112 valence electrons. The number of carbonyl (C=O) groups is 1. The van der Waals surface area contributed by atoms with Gasteiger partial charge in [-0.3, -0.25) is 4.79 Å². The molecule has 1 saturated heterocycles. The van der Waals surface area contributed by atoms with Crippen LogP contribution in [0.3, 0.4) is 0 Å². The van der Waals surface area contributed by atoms with Crippen molar-refractivity contribution in [1.29, 1.82) is 0 Å². The summed E-state index contributed by atoms with van der Waals surface area (Å²) in [6, 6.07) is 1.36. The van der Waals surface area contributed by atoms with Crippen LogP contribution in [-0.4, -0.2) is 63.5 Å². The summed E-state index contributed by atoms with van der Waals surface area (Å²) in [4.78, 5) is 11.3. The summed E-state index contributed by atoms with van der Waals surface area (Å²) in [6.45, 7) is 0.717. The van der Waals surface area contributed by atoms with E-state index in [1.807, 2.05) is 0 Å². The average Bonchev–Trinajstić information content (AvgIpc) is 2.87. The minimum Gasteiger partial charge on any atom is -0.458 e. The Morgan fingerprint density at radius 1 is 1.30 bits per heavy atom. The summed E-state index contributed by atoms with van der Waals surface area (Å²) >= 11 is 0. The van der Waals surface area contributed by atoms with Crippen LogP contribution in [0.25, 0.3) is 0 Å². The summed E-state index contributed by atoms with van der Waals surface area (Å²) < 4.78 is 15.4. The number of hydrogen-bond acceptors (Lipinski definition) is 8. The van der Waals surface area contributed by atoms with Crippen molar-refractivity contribution in [2.45, 2.75) is 37.6 Å². The second-order valence-corrected chi connectivity index (χ2v) is 4.49. The minimum atomic E-state index is -1.54. The highest BCUT2D eigenvalue weighted by Crippen LogP contribution is 2.27. The van der Waals surface area contributed by atoms with Gasteiger partial charge in [0.1, 0.15) is 24.4 Å². The smallest absolute Gasteiger partial charge is 0.229 e. The Hall–Kier alpha value is -1.45. The normalized spacial score (nSPS) is 34.0. The highest BCUT2D eigenvalue weighted by atomic mass is 16.7. The van der Waals surface area contributed by atoms with E-state index in [1.54, 1.807) is 0 Å². The summed E-state index contributed by atoms with van der Waals surface area (Å²) in [5.74, 6) is -0.390. The predicted molar refractivity (Wildman–Crippen MR) is 63.1 cm³/mol. The first-order valence-corrected chi connectivity index (χ1v) is 6.01. The van der Waals surface area contributed by atoms with E-state index in [0.29, 0.717) is 0 Å². The maximum Gasteiger partial charge on any atom is 0.229 e. The maximum absolute atomic E-state index is 11.3. The number of aliphatic hydroxyl groups is 4. The molecule has 1 fully saturated rings. The van der Waals surface area contributed by atoms with Crippen LogP contribution in [-0.2, 0) is 4.74 Å². The lowest BCUT2D eigenvalue weighted by molar-refractivity contribution is -0.277. The van der Waals surface area contributed by atoms with Gasteiger partial charge in [-0.2, -0.15) is 0 Å². The Labute approximate surface area is 114 Å². The van der Waals surface area contributed by atoms with Crippen LogP contribution >= 0.6 is 0 Å². The second kappa shape index (κ2) is 5.90. The molecule has 1 aromatic rings. The van der Waals surface area contributed by atoms with Crippen LogP contribution < -0.4 is 4.74 Å². The molecule has 0 spiro atoms. The number of carbonyl (C=O) groups excluding carboxylic acids is 1. The molecule has 2 heterocycles. The topological polar surface area (TPSA) is 130 Å². The fourth-order valence-corrected chi connectivity index (χ4v) is 1.94. The molecule has 1 aliphatic heterocycles. The zero-order valence-corrected chi connectivity index (χ0v) is 10.7. The first-order chi connectivity index (χ1) is 9.45. The van der Waals surface area contributed by atoms with Gasteiger partial charge in [0.25, 0.3) is 0 Å². The Morgan fingerprint density at radius 2 is 2.00 bits per heavy atom. The van der Waals surface area contributed by atoms with Gasteiger partial charge in [0.2, 0.25) is 12.1 Å². The molecule has 0 saturated carbocycles. The standard InChI is InChI=1S/C12H16O8/c1-5(14)11-6(2-3-18-11)19-12-10(17)9(16)8(15)7(4-13)20-12/h2-3,7-10,12-13,15-17H,4H2,1H3/t7?,8-,9?,10?,12+/m1/s1. The molecule has 5 atom stereocenters. The van der Waals surface area contributed by atoms with Gasteiger partial charge >= 0.3 is 0 Å². The van der Waals surface area contributed by atoms with Crippen molar-refractivity contribution in [3.05, 3.63) is 18.1 Å². The van der Waals surface area contributed by atoms with Gasteiger partial charge in [0, 0.05) is 13.0 Å². The number of rotatable bonds is 4. The molecule has 4 N–H and O–H groups in total. The van der Waals surface area contributed by atoms with Crippen LogP contribution in [0.5, 0.6) is 5.75 Å². The van der Waals surface area contributed by atoms with Crippen molar-refractivity contribution in [2.75, 3.05) is 6.61 Å². The van der Waals surface area contributed by atoms with Crippen LogP contribution in [0.15, 0.2) is 16.7 Å². The predicted octanol–water partition coefficient (Wildman–Crippen LogP) is -1.34. The molecule has 8 nitrogen and oxygen atoms in total. The zero-order valence-electron chi connectivity index (χ0n) is 10.7. The molecule has 0 aliphatic carbocycles. The van der Waals surface area contributed by atoms with E-state index in [2.05, 4.69) is 0 Å². The third-order valence-electron chi connectivity index (χ3n) is 3.04. The van der Waals surface area contributed by atoms with Gasteiger partial charge in [0.05, 0.1) is 12.9 Å². The van der Waals surface area contributed by atoms with E-state index < -0.39 is 37.3 Å². The highest BCUT2D eigenvalue weighted by Gasteiger charge is 2.45. The fraction of sp³-hybridized carbons (Fsp3) is 0.583. The van der Waals surface area contributed by atoms with Gasteiger partial charge < -0.3 is 34.3 Å². The number of furan rings is 1. The van der Waals surface area contributed by atoms with Crippen molar-refractivity contribution in [1.82, 2.24) is 0 Å². The SMILES string of the molecule is CC(=O)c1occc1O[C@H]1OC(CO)[C@@H](O)C(O)C1O. The third kappa shape index (κ3) is 2.69. The van der Waals surface area contributed by atoms with E-state index in [-0.39, 0.29) is 17.3 Å². The molecular formula is C12H16O8. The number of aliphatic hydroxyl groups excluding tert-OH is 4. The summed E-state index contributed by atoms with van der Waals surface area (Å²) in [6.07, 6.45) is -5.74. The Morgan fingerprint density at radius 3 is 2.60 bits per heavy atom. The molecule has 2 rings (SSSR count). The Bertz CT molecular complexity index is 468. The molecule has 0 aromatic carbocycles. The molecule has 1 aliphatic rings. The second-order valence-electron chi connectivity index (χ2n) is 4.49. The van der Waals surface area contributed by atoms with Crippen LogP contribution in [0.1, 0.15) is 17.5 Å². The number of hydrogen-bond donors (Lipinski definition) is 4. The number of ether oxygens (including phenoxy) is 2. The summed E-state index contributed by atoms with van der Waals surface area (Å²) in [5.41, 5.74) is 0. The Balaban J connectivity index is 2.15. The molecule has 0 radical (unpaired) electrons. The van der Waals surface area contributed by atoms with E-state index in [4.69, 9.17) is 19.0 Å². The Kier molecular flexibility index (Phi) is 4.41. The van der Waals surface area contributed by atoms with Crippen LogP contribution in [0.4, 0.5) is 0 Å². The lowest BCUT2D eigenvalue weighted by Gasteiger charge is -2.39. The lowest BCUT2D eigenvalue weighted by atomic mass is 9.99. The minimum absolute atomic E-state index is 0.0434. The number of Topliss-reactive ketones (excluding diaryl/α,β-unsaturated/α-hetero) is 1. The molecule has 0 amide bonds. The quantitative estimate of drug-likeness (QED) is 0.501. The summed E-state index contributed by atoms with van der Waals surface area (Å²) in [5, 5.41) is 38.1. The van der Waals surface area contributed by atoms with E-state index in [0.717, 1.165) is 0 Å². The first-order valence-electron chi connectivity index (χ1n) is 6.01. The van der Waals surface area contributed by atoms with Crippen LogP contribution in [0.2, 0.25) is 0 Å². The van der Waals surface area contributed by atoms with Crippen LogP contribution in [0, 0.1) is 0 Å².